The van der Waals surface area contributed by atoms with E-state index in [0.29, 0.717) is 12.5 Å². The molecule has 0 aromatic heterocycles. The number of likely N-dealkylation sites (tertiary alicyclic amines) is 1. The summed E-state index contributed by atoms with van der Waals surface area (Å²) in [6, 6.07) is 0.679. The first-order valence-corrected chi connectivity index (χ1v) is 5.45. The predicted octanol–water partition coefficient (Wildman–Crippen LogP) is -8.34. The van der Waals surface area contributed by atoms with Crippen LogP contribution in [0.15, 0.2) is 0 Å². The standard InChI is InChI=1S/C10H20N2O2.2ClH/c1-11-6-3-9(4-7-11)12(2)8-5-10(13)14;;/h9H,3-8H2,1-2H3,(H,13,14);2*1H. The lowest BCUT2D eigenvalue weighted by Crippen LogP contribution is -3.18. The van der Waals surface area contributed by atoms with Crippen LogP contribution in [0.5, 0.6) is 0 Å². The maximum absolute atomic E-state index is 10.4. The molecule has 1 fully saturated rings. The molecule has 6 heteroatoms. The molecule has 0 aromatic carbocycles. The van der Waals surface area contributed by atoms with Crippen molar-refractivity contribution in [3.05, 3.63) is 0 Å². The molecular formula is C10H22Cl2N2O2. The summed E-state index contributed by atoms with van der Waals surface area (Å²) in [6.07, 6.45) is 2.76. The third kappa shape index (κ3) is 6.53. The van der Waals surface area contributed by atoms with Crippen LogP contribution in [-0.2, 0) is 4.79 Å². The number of piperidine rings is 1. The Kier molecular flexibility index (Phi) is 10.4. The molecule has 1 unspecified atom stereocenters. The summed E-state index contributed by atoms with van der Waals surface area (Å²) in [4.78, 5) is 13.4. The Hall–Kier alpha value is -0.0300. The second kappa shape index (κ2) is 9.05. The molecule has 0 bridgehead atoms. The molecule has 1 atom stereocenters. The second-order valence-electron chi connectivity index (χ2n) is 4.47. The van der Waals surface area contributed by atoms with Crippen LogP contribution in [-0.4, -0.2) is 50.8 Å². The van der Waals surface area contributed by atoms with Gasteiger partial charge in [0.2, 0.25) is 0 Å². The number of carbonyl (C=O) groups is 1. The van der Waals surface area contributed by atoms with Gasteiger partial charge < -0.3 is 39.7 Å². The number of hydrogen-bond acceptors (Lipinski definition) is 1. The maximum atomic E-state index is 10.4. The van der Waals surface area contributed by atoms with Gasteiger partial charge in [-0.1, -0.05) is 0 Å². The minimum atomic E-state index is -0.678. The summed E-state index contributed by atoms with van der Waals surface area (Å²) < 4.78 is 0. The molecule has 0 aliphatic carbocycles. The van der Waals surface area contributed by atoms with E-state index in [0.717, 1.165) is 6.54 Å². The number of hydrogen-bond donors (Lipinski definition) is 3. The molecule has 1 saturated heterocycles. The number of carboxylic acid groups (broad SMARTS) is 1. The quantitative estimate of drug-likeness (QED) is 0.476. The summed E-state index contributed by atoms with van der Waals surface area (Å²) in [5, 5.41) is 8.59. The highest BCUT2D eigenvalue weighted by Crippen LogP contribution is 1.94. The zero-order valence-electron chi connectivity index (χ0n) is 9.93. The SMILES string of the molecule is C[NH+]1CCC([NH+](C)CCC(=O)O)CC1.[Cl-].[Cl-]. The van der Waals surface area contributed by atoms with Gasteiger partial charge in [-0.2, -0.15) is 0 Å². The number of halogens is 2. The minimum Gasteiger partial charge on any atom is -1.00 e. The fourth-order valence-electron chi connectivity index (χ4n) is 2.11. The van der Waals surface area contributed by atoms with E-state index in [1.165, 1.54) is 30.8 Å². The van der Waals surface area contributed by atoms with Gasteiger partial charge >= 0.3 is 5.97 Å². The number of nitrogens with one attached hydrogen (secondary N) is 2. The smallest absolute Gasteiger partial charge is 0.309 e. The van der Waals surface area contributed by atoms with Crippen LogP contribution >= 0.6 is 0 Å². The zero-order valence-corrected chi connectivity index (χ0v) is 11.4. The first-order valence-electron chi connectivity index (χ1n) is 5.45. The highest BCUT2D eigenvalue weighted by molar-refractivity contribution is 5.66. The van der Waals surface area contributed by atoms with Gasteiger partial charge in [0, 0.05) is 12.8 Å². The molecule has 98 valence electrons. The van der Waals surface area contributed by atoms with Crippen LogP contribution in [0.3, 0.4) is 0 Å². The van der Waals surface area contributed by atoms with Crippen molar-refractivity contribution in [3.63, 3.8) is 0 Å². The van der Waals surface area contributed by atoms with Crippen molar-refractivity contribution < 1.29 is 44.5 Å². The first kappa shape index (κ1) is 18.3. The lowest BCUT2D eigenvalue weighted by Gasteiger charge is -2.30. The molecule has 1 rings (SSSR count). The van der Waals surface area contributed by atoms with E-state index >= 15 is 0 Å². The van der Waals surface area contributed by atoms with Gasteiger partial charge in [0.15, 0.2) is 0 Å². The Morgan fingerprint density at radius 3 is 2.31 bits per heavy atom. The van der Waals surface area contributed by atoms with Gasteiger partial charge in [0.05, 0.1) is 46.2 Å². The van der Waals surface area contributed by atoms with Crippen molar-refractivity contribution in [2.24, 2.45) is 0 Å². The van der Waals surface area contributed by atoms with Gasteiger partial charge in [-0.05, 0) is 0 Å². The monoisotopic (exact) mass is 272 g/mol. The second-order valence-corrected chi connectivity index (χ2v) is 4.47. The van der Waals surface area contributed by atoms with Crippen molar-refractivity contribution in [1.82, 2.24) is 0 Å². The average molecular weight is 273 g/mol. The maximum Gasteiger partial charge on any atom is 0.309 e. The Balaban J connectivity index is 0. The highest BCUT2D eigenvalue weighted by Gasteiger charge is 2.25. The van der Waals surface area contributed by atoms with Crippen LogP contribution < -0.4 is 34.6 Å². The van der Waals surface area contributed by atoms with Crippen LogP contribution in [0.4, 0.5) is 0 Å². The van der Waals surface area contributed by atoms with Crippen LogP contribution in [0.2, 0.25) is 0 Å². The molecule has 1 aliphatic heterocycles. The predicted molar refractivity (Wildman–Crippen MR) is 53.6 cm³/mol. The molecule has 0 radical (unpaired) electrons. The normalized spacial score (nSPS) is 26.1. The minimum absolute atomic E-state index is 0. The van der Waals surface area contributed by atoms with E-state index in [1.54, 1.807) is 4.90 Å². The lowest BCUT2D eigenvalue weighted by molar-refractivity contribution is -0.939. The fraction of sp³-hybridized carbons (Fsp3) is 0.900. The Morgan fingerprint density at radius 2 is 1.88 bits per heavy atom. The molecular weight excluding hydrogens is 251 g/mol. The molecule has 16 heavy (non-hydrogen) atoms. The van der Waals surface area contributed by atoms with Crippen molar-refractivity contribution in [1.29, 1.82) is 0 Å². The largest absolute Gasteiger partial charge is 1.00 e. The fourth-order valence-corrected chi connectivity index (χ4v) is 2.11. The van der Waals surface area contributed by atoms with Gasteiger partial charge in [0.25, 0.3) is 0 Å². The van der Waals surface area contributed by atoms with Gasteiger partial charge in [-0.15, -0.1) is 0 Å². The van der Waals surface area contributed by atoms with E-state index in [9.17, 15) is 4.79 Å². The Bertz CT molecular complexity index is 197. The molecule has 1 aliphatic rings. The van der Waals surface area contributed by atoms with Gasteiger partial charge in [-0.25, -0.2) is 0 Å². The van der Waals surface area contributed by atoms with E-state index in [2.05, 4.69) is 14.1 Å². The number of aliphatic carboxylic acids is 1. The molecule has 0 spiro atoms. The van der Waals surface area contributed by atoms with E-state index < -0.39 is 5.97 Å². The first-order chi connectivity index (χ1) is 6.59. The van der Waals surface area contributed by atoms with Crippen molar-refractivity contribution in [2.75, 3.05) is 33.7 Å². The number of quaternary nitrogens is 2. The van der Waals surface area contributed by atoms with Gasteiger partial charge in [-0.3, -0.25) is 4.79 Å². The molecule has 0 amide bonds. The lowest BCUT2D eigenvalue weighted by atomic mass is 10.0. The Labute approximate surface area is 110 Å². The number of carboxylic acids is 1. The third-order valence-electron chi connectivity index (χ3n) is 3.27. The molecule has 0 saturated carbocycles. The number of rotatable bonds is 4. The van der Waals surface area contributed by atoms with Gasteiger partial charge in [0.1, 0.15) is 0 Å². The van der Waals surface area contributed by atoms with Crippen molar-refractivity contribution >= 4 is 5.97 Å². The zero-order chi connectivity index (χ0) is 10.6. The van der Waals surface area contributed by atoms with E-state index in [1.807, 2.05) is 0 Å². The molecule has 4 nitrogen and oxygen atoms in total. The molecule has 0 aromatic rings. The summed E-state index contributed by atoms with van der Waals surface area (Å²) in [7, 11) is 4.34. The summed E-state index contributed by atoms with van der Waals surface area (Å²) in [5.74, 6) is -0.678. The molecule has 1 heterocycles. The van der Waals surface area contributed by atoms with Crippen molar-refractivity contribution in [2.45, 2.75) is 25.3 Å². The van der Waals surface area contributed by atoms with Crippen LogP contribution in [0.25, 0.3) is 0 Å². The summed E-state index contributed by atoms with van der Waals surface area (Å²) >= 11 is 0. The highest BCUT2D eigenvalue weighted by atomic mass is 35.5. The van der Waals surface area contributed by atoms with E-state index in [-0.39, 0.29) is 24.8 Å². The van der Waals surface area contributed by atoms with Crippen LogP contribution in [0.1, 0.15) is 19.3 Å². The summed E-state index contributed by atoms with van der Waals surface area (Å²) in [6.45, 7) is 3.23. The van der Waals surface area contributed by atoms with Crippen molar-refractivity contribution in [3.8, 4) is 0 Å². The molecule has 3 N–H and O–H groups in total. The van der Waals surface area contributed by atoms with Crippen LogP contribution in [0, 0.1) is 0 Å². The third-order valence-corrected chi connectivity index (χ3v) is 3.27. The topological polar surface area (TPSA) is 46.2 Å². The summed E-state index contributed by atoms with van der Waals surface area (Å²) in [5.41, 5.74) is 0. The Morgan fingerprint density at radius 1 is 1.38 bits per heavy atom. The average Bonchev–Trinajstić information content (AvgIpc) is 2.15. The van der Waals surface area contributed by atoms with E-state index in [4.69, 9.17) is 5.11 Å².